The first-order valence-electron chi connectivity index (χ1n) is 20.9. The number of aryl methyl sites for hydroxylation is 3. The second-order valence-corrected chi connectivity index (χ2v) is 18.5. The Bertz CT molecular complexity index is 2830. The standard InChI is InChI=1S/C45H46Cl2N10O6S2/c1-23-25(3)64-44-36(23)38(28-7-11-30(46)12-8-28)50-32(41-54-52-26(4)56(41)44)21-34(58)48-15-17-62-19-20-63-18-16-49-43(60)40-24(2)37-39(29-9-13-31(47)14-10-29)51-33(22-35(59)61-6)42-55-53-27(5)57(42)45(37)65-40/h7-14,32-33H,15-22H2,1-6H3,(H,48,58)(H,49,60)/t32-,33-/m0/s1. The molecular formula is C45H46Cl2N10O6S2. The molecule has 65 heavy (non-hydrogen) atoms. The highest BCUT2D eigenvalue weighted by molar-refractivity contribution is 7.17. The van der Waals surface area contributed by atoms with E-state index in [1.165, 1.54) is 23.3 Å². The fourth-order valence-electron chi connectivity index (χ4n) is 7.76. The Balaban J connectivity index is 0.831. The SMILES string of the molecule is COC(=O)C[C@@H]1N=C(c2ccc(Cl)cc2)c2c(sc(C(=O)NCCOCCOCCNC(=O)C[C@@H]3N=C(c4ccc(Cl)cc4)c4c(sc(C)c4C)-n4c(C)nnc43)c2C)-n2c(C)nnc21. The Morgan fingerprint density at radius 3 is 1.68 bits per heavy atom. The number of methoxy groups -OCH3 is 1. The van der Waals surface area contributed by atoms with Crippen molar-refractivity contribution < 1.29 is 28.6 Å². The van der Waals surface area contributed by atoms with Gasteiger partial charge in [0.15, 0.2) is 11.6 Å². The first-order chi connectivity index (χ1) is 31.3. The van der Waals surface area contributed by atoms with Gasteiger partial charge >= 0.3 is 5.97 Å². The van der Waals surface area contributed by atoms with Gasteiger partial charge in [0.2, 0.25) is 5.91 Å². The molecule has 2 aromatic carbocycles. The van der Waals surface area contributed by atoms with Crippen molar-refractivity contribution in [2.24, 2.45) is 9.98 Å². The predicted octanol–water partition coefficient (Wildman–Crippen LogP) is 7.14. The Morgan fingerprint density at radius 2 is 1.14 bits per heavy atom. The van der Waals surface area contributed by atoms with E-state index in [2.05, 4.69) is 44.9 Å². The summed E-state index contributed by atoms with van der Waals surface area (Å²) in [5.41, 5.74) is 6.64. The molecule has 6 heterocycles. The molecule has 16 nitrogen and oxygen atoms in total. The minimum absolute atomic E-state index is 0.0400. The first kappa shape index (κ1) is 45.9. The van der Waals surface area contributed by atoms with Crippen LogP contribution in [0.15, 0.2) is 58.5 Å². The monoisotopic (exact) mass is 956 g/mol. The van der Waals surface area contributed by atoms with Crippen LogP contribution >= 0.6 is 45.9 Å². The van der Waals surface area contributed by atoms with Crippen LogP contribution in [0.25, 0.3) is 10.0 Å². The number of fused-ring (bicyclic) bond motifs is 6. The van der Waals surface area contributed by atoms with Gasteiger partial charge in [-0.2, -0.15) is 0 Å². The second kappa shape index (κ2) is 19.9. The van der Waals surface area contributed by atoms with Gasteiger partial charge in [-0.1, -0.05) is 47.5 Å². The highest BCUT2D eigenvalue weighted by Gasteiger charge is 2.35. The zero-order valence-electron chi connectivity index (χ0n) is 36.5. The minimum Gasteiger partial charge on any atom is -0.469 e. The van der Waals surface area contributed by atoms with Crippen molar-refractivity contribution in [1.82, 2.24) is 40.2 Å². The number of hydrogen-bond donors (Lipinski definition) is 2. The zero-order valence-corrected chi connectivity index (χ0v) is 39.7. The van der Waals surface area contributed by atoms with E-state index in [1.54, 1.807) is 23.5 Å². The van der Waals surface area contributed by atoms with Crippen molar-refractivity contribution in [2.45, 2.75) is 59.5 Å². The van der Waals surface area contributed by atoms with Crippen molar-refractivity contribution in [2.75, 3.05) is 46.6 Å². The molecule has 0 saturated carbocycles. The zero-order chi connectivity index (χ0) is 45.9. The maximum Gasteiger partial charge on any atom is 0.308 e. The van der Waals surface area contributed by atoms with Crippen molar-refractivity contribution in [3.63, 3.8) is 0 Å². The van der Waals surface area contributed by atoms with Gasteiger partial charge in [-0.15, -0.1) is 43.1 Å². The number of halogens is 2. The number of benzene rings is 2. The molecule has 0 saturated heterocycles. The van der Waals surface area contributed by atoms with E-state index in [9.17, 15) is 14.4 Å². The predicted molar refractivity (Wildman–Crippen MR) is 250 cm³/mol. The summed E-state index contributed by atoms with van der Waals surface area (Å²) in [4.78, 5) is 51.4. The summed E-state index contributed by atoms with van der Waals surface area (Å²) in [6.45, 7) is 11.5. The third kappa shape index (κ3) is 9.55. The molecule has 0 unspecified atom stereocenters. The lowest BCUT2D eigenvalue weighted by Crippen LogP contribution is -2.29. The van der Waals surface area contributed by atoms with Crippen molar-refractivity contribution in [3.8, 4) is 10.0 Å². The number of aliphatic imine (C=N–C) groups is 2. The Labute approximate surface area is 393 Å². The molecule has 2 amide bonds. The average molecular weight is 958 g/mol. The minimum atomic E-state index is -0.674. The van der Waals surface area contributed by atoms with E-state index in [1.807, 2.05) is 66.3 Å². The van der Waals surface area contributed by atoms with E-state index < -0.39 is 18.1 Å². The van der Waals surface area contributed by atoms with Crippen LogP contribution in [-0.2, 0) is 23.8 Å². The number of thiophene rings is 2. The summed E-state index contributed by atoms with van der Waals surface area (Å²) in [5, 5.41) is 26.4. The van der Waals surface area contributed by atoms with E-state index >= 15 is 0 Å². The number of aromatic nitrogens is 6. The Hall–Kier alpha value is -5.63. The van der Waals surface area contributed by atoms with Crippen LogP contribution in [0.5, 0.6) is 0 Å². The van der Waals surface area contributed by atoms with Crippen LogP contribution in [0.3, 0.4) is 0 Å². The number of hydrogen-bond acceptors (Lipinski definition) is 14. The van der Waals surface area contributed by atoms with Crippen molar-refractivity contribution >= 4 is 75.1 Å². The van der Waals surface area contributed by atoms with Crippen LogP contribution in [0.4, 0.5) is 0 Å². The molecule has 0 spiro atoms. The third-order valence-corrected chi connectivity index (χ3v) is 14.1. The smallest absolute Gasteiger partial charge is 0.308 e. The maximum absolute atomic E-state index is 13.7. The summed E-state index contributed by atoms with van der Waals surface area (Å²) in [5.74, 6) is 1.50. The lowest BCUT2D eigenvalue weighted by Gasteiger charge is -2.13. The maximum atomic E-state index is 13.7. The van der Waals surface area contributed by atoms with Gasteiger partial charge in [0, 0.05) is 50.3 Å². The quantitative estimate of drug-likeness (QED) is 0.0746. The van der Waals surface area contributed by atoms with Gasteiger partial charge in [0.05, 0.1) is 62.7 Å². The van der Waals surface area contributed by atoms with Gasteiger partial charge in [0.25, 0.3) is 5.91 Å². The summed E-state index contributed by atoms with van der Waals surface area (Å²) >= 11 is 15.4. The molecule has 2 atom stereocenters. The molecular weight excluding hydrogens is 912 g/mol. The van der Waals surface area contributed by atoms with Gasteiger partial charge < -0.3 is 24.8 Å². The topological polar surface area (TPSA) is 189 Å². The van der Waals surface area contributed by atoms with Gasteiger partial charge in [-0.3, -0.25) is 33.5 Å². The number of nitrogens with one attached hydrogen (secondary N) is 2. The molecule has 0 aliphatic carbocycles. The average Bonchev–Trinajstić information content (AvgIpc) is 4.00. The molecule has 0 fully saturated rings. The van der Waals surface area contributed by atoms with Gasteiger partial charge in [-0.25, -0.2) is 0 Å². The molecule has 2 aliphatic rings. The fourth-order valence-corrected chi connectivity index (χ4v) is 10.5. The number of carbonyl (C=O) groups excluding carboxylic acids is 3. The van der Waals surface area contributed by atoms with E-state index in [0.717, 1.165) is 54.9 Å². The molecule has 2 aliphatic heterocycles. The summed E-state index contributed by atoms with van der Waals surface area (Å²) < 4.78 is 20.4. The van der Waals surface area contributed by atoms with Gasteiger partial charge in [0.1, 0.15) is 33.7 Å². The van der Waals surface area contributed by atoms with E-state index in [0.29, 0.717) is 57.9 Å². The fraction of sp³-hybridized carbons (Fsp3) is 0.356. The Kier molecular flexibility index (Phi) is 14.0. The summed E-state index contributed by atoms with van der Waals surface area (Å²) in [7, 11) is 1.33. The van der Waals surface area contributed by atoms with Crippen LogP contribution in [0, 0.1) is 34.6 Å². The molecule has 338 valence electrons. The number of carbonyl (C=O) groups is 3. The van der Waals surface area contributed by atoms with Gasteiger partial charge in [-0.05, 0) is 70.0 Å². The molecule has 0 bridgehead atoms. The molecule has 4 aromatic heterocycles. The second-order valence-electron chi connectivity index (χ2n) is 15.4. The highest BCUT2D eigenvalue weighted by Crippen LogP contribution is 2.41. The van der Waals surface area contributed by atoms with Crippen LogP contribution < -0.4 is 10.6 Å². The largest absolute Gasteiger partial charge is 0.469 e. The lowest BCUT2D eigenvalue weighted by molar-refractivity contribution is -0.141. The lowest BCUT2D eigenvalue weighted by atomic mass is 9.99. The summed E-state index contributed by atoms with van der Waals surface area (Å²) in [6.07, 6.45) is 0.0301. The van der Waals surface area contributed by atoms with E-state index in [-0.39, 0.29) is 44.4 Å². The summed E-state index contributed by atoms with van der Waals surface area (Å²) in [6, 6.07) is 13.6. The van der Waals surface area contributed by atoms with Crippen LogP contribution in [-0.4, -0.2) is 105 Å². The molecule has 8 rings (SSSR count). The highest BCUT2D eigenvalue weighted by atomic mass is 35.5. The number of ether oxygens (including phenoxy) is 3. The molecule has 0 radical (unpaired) electrons. The van der Waals surface area contributed by atoms with Crippen LogP contribution in [0.1, 0.15) is 96.2 Å². The van der Waals surface area contributed by atoms with E-state index in [4.69, 9.17) is 47.4 Å². The van der Waals surface area contributed by atoms with Crippen molar-refractivity contribution in [3.05, 3.63) is 125 Å². The van der Waals surface area contributed by atoms with Crippen LogP contribution in [0.2, 0.25) is 10.0 Å². The number of amides is 2. The Morgan fingerprint density at radius 1 is 0.646 bits per heavy atom. The molecule has 6 aromatic rings. The normalized spacial score (nSPS) is 15.1. The third-order valence-electron chi connectivity index (χ3n) is 11.1. The first-order valence-corrected chi connectivity index (χ1v) is 23.3. The number of nitrogens with zero attached hydrogens (tertiary/aromatic N) is 8. The number of rotatable bonds is 16. The number of esters is 1. The van der Waals surface area contributed by atoms with Crippen molar-refractivity contribution in [1.29, 1.82) is 0 Å². The molecule has 20 heteroatoms. The molecule has 2 N–H and O–H groups in total.